The van der Waals surface area contributed by atoms with E-state index in [4.69, 9.17) is 5.73 Å². The molecule has 0 saturated heterocycles. The molecule has 2 rings (SSSR count). The Hall–Kier alpha value is -2.39. The van der Waals surface area contributed by atoms with Crippen LogP contribution in [0, 0.1) is 0 Å². The van der Waals surface area contributed by atoms with Gasteiger partial charge in [-0.1, -0.05) is 30.5 Å². The van der Waals surface area contributed by atoms with Crippen molar-refractivity contribution >= 4 is 33.5 Å². The van der Waals surface area contributed by atoms with E-state index in [0.717, 1.165) is 16.1 Å². The fourth-order valence-electron chi connectivity index (χ4n) is 2.12. The van der Waals surface area contributed by atoms with Crippen LogP contribution in [0.5, 0.6) is 0 Å². The van der Waals surface area contributed by atoms with E-state index in [-0.39, 0.29) is 21.2 Å². The number of amides is 1. The molecule has 0 saturated carbocycles. The van der Waals surface area contributed by atoms with E-state index >= 15 is 0 Å². The zero-order valence-electron chi connectivity index (χ0n) is 13.1. The molecule has 0 fully saturated rings. The van der Waals surface area contributed by atoms with Gasteiger partial charge in [0.05, 0.1) is 9.92 Å². The van der Waals surface area contributed by atoms with Gasteiger partial charge < -0.3 is 16.2 Å². The van der Waals surface area contributed by atoms with Crippen molar-refractivity contribution in [3.05, 3.63) is 58.2 Å². The number of rotatable bonds is 4. The van der Waals surface area contributed by atoms with E-state index in [1.54, 1.807) is 19.1 Å². The number of benzene rings is 1. The van der Waals surface area contributed by atoms with E-state index in [2.05, 4.69) is 11.9 Å². The topological polar surface area (TPSA) is 113 Å². The molecule has 0 aliphatic carbocycles. The number of nitrogens with zero attached hydrogens (tertiary/aromatic N) is 1. The maximum Gasteiger partial charge on any atom is 0.277 e. The minimum Gasteiger partial charge on any atom is -0.505 e. The van der Waals surface area contributed by atoms with Crippen LogP contribution in [0.4, 0.5) is 0 Å². The Morgan fingerprint density at radius 2 is 2.04 bits per heavy atom. The molecule has 0 radical (unpaired) electrons. The summed E-state index contributed by atoms with van der Waals surface area (Å²) in [5, 5.41) is 13.1. The first kappa shape index (κ1) is 18.0. The summed E-state index contributed by atoms with van der Waals surface area (Å²) in [6.07, 6.45) is 1.35. The zero-order valence-corrected chi connectivity index (χ0v) is 14.7. The number of sulfonamides is 1. The molecule has 24 heavy (non-hydrogen) atoms. The number of allylic oxidation sites excluding steroid dienone is 1. The number of likely N-dealkylation sites (N-methyl/N-ethyl adjacent to an activating group) is 1. The maximum absolute atomic E-state index is 12.5. The van der Waals surface area contributed by atoms with E-state index in [0.29, 0.717) is 4.91 Å². The van der Waals surface area contributed by atoms with Gasteiger partial charge in [0.2, 0.25) is 0 Å². The minimum atomic E-state index is -3.92. The Kier molecular flexibility index (Phi) is 4.95. The summed E-state index contributed by atoms with van der Waals surface area (Å²) in [6.45, 7) is 5.40. The lowest BCUT2D eigenvalue weighted by molar-refractivity contribution is -0.117. The molecule has 0 aromatic heterocycles. The number of aliphatic hydroxyl groups excluding tert-OH is 1. The lowest BCUT2D eigenvalue weighted by atomic mass is 10.1. The highest BCUT2D eigenvalue weighted by Gasteiger charge is 2.37. The number of carbonyl (C=O) groups is 1. The number of carbonyl (C=O) groups excluding carboxylic acids is 1. The van der Waals surface area contributed by atoms with Crippen molar-refractivity contribution in [3.63, 3.8) is 0 Å². The van der Waals surface area contributed by atoms with Crippen molar-refractivity contribution in [2.75, 3.05) is 7.05 Å². The molecule has 4 N–H and O–H groups in total. The predicted molar refractivity (Wildman–Crippen MR) is 93.8 cm³/mol. The minimum absolute atomic E-state index is 0.0586. The summed E-state index contributed by atoms with van der Waals surface area (Å²) < 4.78 is 25.8. The average Bonchev–Trinajstić information content (AvgIpc) is 2.53. The smallest absolute Gasteiger partial charge is 0.277 e. The Labute approximate surface area is 144 Å². The van der Waals surface area contributed by atoms with Crippen LogP contribution in [0.1, 0.15) is 12.5 Å². The average molecular weight is 367 g/mol. The van der Waals surface area contributed by atoms with Crippen LogP contribution in [0.25, 0.3) is 5.76 Å². The Morgan fingerprint density at radius 1 is 1.42 bits per heavy atom. The second-order valence-corrected chi connectivity index (χ2v) is 8.20. The van der Waals surface area contributed by atoms with Gasteiger partial charge in [-0.15, -0.1) is 0 Å². The fraction of sp³-hybridized carbons (Fsp3) is 0.133. The summed E-state index contributed by atoms with van der Waals surface area (Å²) in [7, 11) is -2.72. The monoisotopic (exact) mass is 367 g/mol. The molecule has 0 spiro atoms. The molecule has 128 valence electrons. The third-order valence-electron chi connectivity index (χ3n) is 3.31. The molecule has 1 aromatic rings. The molecule has 0 unspecified atom stereocenters. The summed E-state index contributed by atoms with van der Waals surface area (Å²) in [4.78, 5) is 13.1. The van der Waals surface area contributed by atoms with Crippen molar-refractivity contribution in [2.45, 2.75) is 11.8 Å². The molecule has 1 aliphatic rings. The number of hydrogen-bond donors (Lipinski definition) is 3. The van der Waals surface area contributed by atoms with E-state index < -0.39 is 21.7 Å². The van der Waals surface area contributed by atoms with Gasteiger partial charge in [-0.2, -0.15) is 0 Å². The molecule has 7 nitrogen and oxygen atoms in total. The SMILES string of the molecule is C=C(NC(=O)C1=C(O)c2ccccc2S(=O)(=O)N1C)S/C(C)=C\N. The van der Waals surface area contributed by atoms with Crippen molar-refractivity contribution in [2.24, 2.45) is 5.73 Å². The Morgan fingerprint density at radius 3 is 2.67 bits per heavy atom. The van der Waals surface area contributed by atoms with Gasteiger partial charge in [0.1, 0.15) is 0 Å². The number of hydrogen-bond acceptors (Lipinski definition) is 6. The molecular formula is C15H17N3O4S2. The number of nitrogens with one attached hydrogen (secondary N) is 1. The first-order chi connectivity index (χ1) is 11.2. The second-order valence-electron chi connectivity index (χ2n) is 4.92. The molecule has 9 heteroatoms. The fourth-order valence-corrected chi connectivity index (χ4v) is 4.12. The van der Waals surface area contributed by atoms with Crippen LogP contribution in [0.2, 0.25) is 0 Å². The van der Waals surface area contributed by atoms with Gasteiger partial charge >= 0.3 is 0 Å². The molecule has 1 amide bonds. The van der Waals surface area contributed by atoms with Gasteiger partial charge in [0.15, 0.2) is 11.5 Å². The Bertz CT molecular complexity index is 872. The van der Waals surface area contributed by atoms with E-state index in [1.165, 1.54) is 25.4 Å². The van der Waals surface area contributed by atoms with Crippen LogP contribution in [-0.2, 0) is 14.8 Å². The van der Waals surface area contributed by atoms with Gasteiger partial charge in [-0.05, 0) is 19.1 Å². The highest BCUT2D eigenvalue weighted by Crippen LogP contribution is 2.34. The number of fused-ring (bicyclic) bond motifs is 1. The highest BCUT2D eigenvalue weighted by atomic mass is 32.2. The van der Waals surface area contributed by atoms with Gasteiger partial charge in [0.25, 0.3) is 15.9 Å². The standard InChI is InChI=1S/C15H17N3O4S2/c1-9(8-16)23-10(2)17-15(20)13-14(19)11-6-4-5-7-12(11)24(21,22)18(13)3/h4-8,19H,2,16H2,1,3H3,(H,17,20)/b9-8-. The highest BCUT2D eigenvalue weighted by molar-refractivity contribution is 8.06. The zero-order chi connectivity index (χ0) is 18.1. The predicted octanol–water partition coefficient (Wildman–Crippen LogP) is 1.69. The van der Waals surface area contributed by atoms with Crippen molar-refractivity contribution in [3.8, 4) is 0 Å². The van der Waals surface area contributed by atoms with Crippen LogP contribution < -0.4 is 11.1 Å². The maximum atomic E-state index is 12.5. The third kappa shape index (κ3) is 3.13. The van der Waals surface area contributed by atoms with Crippen LogP contribution in [0.15, 0.2) is 57.6 Å². The quantitative estimate of drug-likeness (QED) is 0.746. The number of nitrogens with two attached hydrogens (primary N) is 1. The first-order valence-electron chi connectivity index (χ1n) is 6.78. The molecule has 0 bridgehead atoms. The number of aliphatic hydroxyl groups is 1. The van der Waals surface area contributed by atoms with E-state index in [1.807, 2.05) is 0 Å². The summed E-state index contributed by atoms with van der Waals surface area (Å²) in [5.41, 5.74) is 5.06. The first-order valence-corrected chi connectivity index (χ1v) is 9.04. The molecule has 0 atom stereocenters. The molecule has 1 heterocycles. The van der Waals surface area contributed by atoms with Gasteiger partial charge in [-0.25, -0.2) is 8.42 Å². The van der Waals surface area contributed by atoms with Crippen LogP contribution in [-0.4, -0.2) is 30.8 Å². The van der Waals surface area contributed by atoms with Crippen LogP contribution >= 0.6 is 11.8 Å². The van der Waals surface area contributed by atoms with Crippen LogP contribution in [0.3, 0.4) is 0 Å². The summed E-state index contributed by atoms with van der Waals surface area (Å²) in [5.74, 6) is -1.19. The normalized spacial score (nSPS) is 16.6. The van der Waals surface area contributed by atoms with Gasteiger partial charge in [0, 0.05) is 23.7 Å². The van der Waals surface area contributed by atoms with Gasteiger partial charge in [-0.3, -0.25) is 9.10 Å². The van der Waals surface area contributed by atoms with Crippen molar-refractivity contribution < 1.29 is 18.3 Å². The van der Waals surface area contributed by atoms with Crippen molar-refractivity contribution in [1.29, 1.82) is 0 Å². The van der Waals surface area contributed by atoms with E-state index in [9.17, 15) is 18.3 Å². The largest absolute Gasteiger partial charge is 0.505 e. The number of thioether (sulfide) groups is 1. The Balaban J connectivity index is 2.42. The lowest BCUT2D eigenvalue weighted by Gasteiger charge is -2.28. The van der Waals surface area contributed by atoms with Crippen molar-refractivity contribution in [1.82, 2.24) is 9.62 Å². The lowest BCUT2D eigenvalue weighted by Crippen LogP contribution is -2.39. The molecule has 1 aromatic carbocycles. The summed E-state index contributed by atoms with van der Waals surface area (Å²) >= 11 is 1.12. The molecule has 1 aliphatic heterocycles. The third-order valence-corrected chi connectivity index (χ3v) is 5.93. The molecular weight excluding hydrogens is 350 g/mol. The second kappa shape index (κ2) is 6.62. The summed E-state index contributed by atoms with van der Waals surface area (Å²) in [6, 6.07) is 5.93.